The SMILES string of the molecule is CN(C)CCC(C(=O)O)C(I)I. The predicted octanol–water partition coefficient (Wildman–Crippen LogP) is 1.83. The number of carbonyl (C=O) groups is 1. The number of halogens is 2. The van der Waals surface area contributed by atoms with Crippen LogP contribution in [0.5, 0.6) is 0 Å². The molecule has 0 rings (SSSR count). The van der Waals surface area contributed by atoms with Gasteiger partial charge in [-0.05, 0) is 27.1 Å². The molecule has 0 heterocycles. The van der Waals surface area contributed by atoms with E-state index in [1.54, 1.807) is 0 Å². The van der Waals surface area contributed by atoms with E-state index in [1.807, 2.05) is 19.0 Å². The standard InChI is InChI=1S/C7H13I2NO2/c1-10(2)4-3-5(6(8)9)7(11)12/h5-6H,3-4H2,1-2H3,(H,11,12). The van der Waals surface area contributed by atoms with Crippen molar-refractivity contribution in [3.63, 3.8) is 0 Å². The van der Waals surface area contributed by atoms with Crippen LogP contribution in [0.15, 0.2) is 0 Å². The van der Waals surface area contributed by atoms with Crippen LogP contribution in [-0.4, -0.2) is 38.5 Å². The topological polar surface area (TPSA) is 40.5 Å². The summed E-state index contributed by atoms with van der Waals surface area (Å²) in [6, 6.07) is 0. The summed E-state index contributed by atoms with van der Waals surface area (Å²) in [6.07, 6.45) is 0.721. The third kappa shape index (κ3) is 5.52. The van der Waals surface area contributed by atoms with Gasteiger partial charge in [-0.15, -0.1) is 0 Å². The van der Waals surface area contributed by atoms with Crippen LogP contribution in [0.2, 0.25) is 0 Å². The first-order valence-corrected chi connectivity index (χ1v) is 6.10. The highest BCUT2D eigenvalue weighted by molar-refractivity contribution is 14.2. The molecule has 0 bridgehead atoms. The number of carboxylic acid groups (broad SMARTS) is 1. The molecule has 72 valence electrons. The van der Waals surface area contributed by atoms with Crippen molar-refractivity contribution in [3.8, 4) is 0 Å². The van der Waals surface area contributed by atoms with E-state index in [1.165, 1.54) is 0 Å². The highest BCUT2D eigenvalue weighted by atomic mass is 127. The van der Waals surface area contributed by atoms with Gasteiger partial charge >= 0.3 is 5.97 Å². The third-order valence-corrected chi connectivity index (χ3v) is 3.24. The van der Waals surface area contributed by atoms with E-state index in [-0.39, 0.29) is 7.85 Å². The van der Waals surface area contributed by atoms with Crippen molar-refractivity contribution in [1.29, 1.82) is 0 Å². The van der Waals surface area contributed by atoms with Gasteiger partial charge in [0.15, 0.2) is 0 Å². The van der Waals surface area contributed by atoms with Gasteiger partial charge in [-0.25, -0.2) is 0 Å². The first kappa shape index (κ1) is 12.9. The van der Waals surface area contributed by atoms with E-state index >= 15 is 0 Å². The molecule has 0 fully saturated rings. The number of carboxylic acids is 1. The molecule has 1 unspecified atom stereocenters. The first-order chi connectivity index (χ1) is 5.45. The second-order valence-corrected chi connectivity index (χ2v) is 7.94. The second kappa shape index (κ2) is 6.36. The Bertz CT molecular complexity index is 150. The van der Waals surface area contributed by atoms with Crippen LogP contribution in [0.4, 0.5) is 0 Å². The Morgan fingerprint density at radius 1 is 1.50 bits per heavy atom. The minimum atomic E-state index is -0.689. The van der Waals surface area contributed by atoms with Crippen LogP contribution in [0.25, 0.3) is 0 Å². The van der Waals surface area contributed by atoms with Gasteiger partial charge in [-0.2, -0.15) is 0 Å². The Kier molecular flexibility index (Phi) is 6.83. The lowest BCUT2D eigenvalue weighted by Gasteiger charge is -2.16. The molecular formula is C7H13I2NO2. The van der Waals surface area contributed by atoms with E-state index in [9.17, 15) is 4.79 Å². The Morgan fingerprint density at radius 2 is 2.00 bits per heavy atom. The smallest absolute Gasteiger partial charge is 0.308 e. The summed E-state index contributed by atoms with van der Waals surface area (Å²) < 4.78 is 0.164. The predicted molar refractivity (Wildman–Crippen MR) is 66.1 cm³/mol. The number of nitrogens with zero attached hydrogens (tertiary/aromatic N) is 1. The van der Waals surface area contributed by atoms with Crippen molar-refractivity contribution in [3.05, 3.63) is 0 Å². The molecule has 0 aromatic heterocycles. The zero-order valence-corrected chi connectivity index (χ0v) is 11.4. The second-order valence-electron chi connectivity index (χ2n) is 2.87. The van der Waals surface area contributed by atoms with Crippen LogP contribution in [0.1, 0.15) is 6.42 Å². The van der Waals surface area contributed by atoms with E-state index in [0.29, 0.717) is 0 Å². The summed E-state index contributed by atoms with van der Waals surface area (Å²) in [5.41, 5.74) is 0. The fourth-order valence-corrected chi connectivity index (χ4v) is 2.09. The molecule has 3 nitrogen and oxygen atoms in total. The van der Waals surface area contributed by atoms with Crippen molar-refractivity contribution in [1.82, 2.24) is 4.90 Å². The van der Waals surface area contributed by atoms with Gasteiger partial charge in [-0.3, -0.25) is 4.79 Å². The van der Waals surface area contributed by atoms with Gasteiger partial charge in [0.2, 0.25) is 0 Å². The molecule has 0 saturated carbocycles. The summed E-state index contributed by atoms with van der Waals surface area (Å²) in [4.78, 5) is 12.7. The van der Waals surface area contributed by atoms with Crippen molar-refractivity contribution < 1.29 is 9.90 Å². The number of hydrogen-bond acceptors (Lipinski definition) is 2. The van der Waals surface area contributed by atoms with Crippen LogP contribution in [0, 0.1) is 5.92 Å². The quantitative estimate of drug-likeness (QED) is 0.569. The molecule has 0 aromatic rings. The summed E-state index contributed by atoms with van der Waals surface area (Å²) in [5, 5.41) is 8.83. The van der Waals surface area contributed by atoms with Crippen LogP contribution in [0.3, 0.4) is 0 Å². The Labute approximate surface area is 100 Å². The summed E-state index contributed by atoms with van der Waals surface area (Å²) >= 11 is 4.31. The fraction of sp³-hybridized carbons (Fsp3) is 0.857. The summed E-state index contributed by atoms with van der Waals surface area (Å²) in [5.74, 6) is -0.917. The van der Waals surface area contributed by atoms with Crippen molar-refractivity contribution in [2.24, 2.45) is 5.92 Å². The molecule has 0 spiro atoms. The molecule has 0 aromatic carbocycles. The van der Waals surface area contributed by atoms with Crippen molar-refractivity contribution >= 4 is 51.2 Å². The molecule has 1 N–H and O–H groups in total. The molecular weight excluding hydrogens is 384 g/mol. The van der Waals surface area contributed by atoms with Crippen LogP contribution >= 0.6 is 45.2 Å². The number of aliphatic carboxylic acids is 1. The largest absolute Gasteiger partial charge is 0.481 e. The lowest BCUT2D eigenvalue weighted by molar-refractivity contribution is -0.141. The van der Waals surface area contributed by atoms with Crippen LogP contribution in [-0.2, 0) is 4.79 Å². The molecule has 1 atom stereocenters. The Morgan fingerprint density at radius 3 is 2.25 bits per heavy atom. The molecule has 0 amide bonds. The van der Waals surface area contributed by atoms with Gasteiger partial charge in [0.05, 0.1) is 7.85 Å². The molecule has 0 aliphatic carbocycles. The normalized spacial score (nSPS) is 13.8. The average molecular weight is 397 g/mol. The van der Waals surface area contributed by atoms with E-state index in [0.717, 1.165) is 13.0 Å². The monoisotopic (exact) mass is 397 g/mol. The zero-order chi connectivity index (χ0) is 9.72. The van der Waals surface area contributed by atoms with E-state index in [4.69, 9.17) is 5.11 Å². The van der Waals surface area contributed by atoms with Crippen molar-refractivity contribution in [2.75, 3.05) is 20.6 Å². The maximum absolute atomic E-state index is 10.7. The fourth-order valence-electron chi connectivity index (χ4n) is 0.755. The van der Waals surface area contributed by atoms with Gasteiger partial charge in [0, 0.05) is 0 Å². The van der Waals surface area contributed by atoms with Gasteiger partial charge in [-0.1, -0.05) is 45.2 Å². The lowest BCUT2D eigenvalue weighted by Crippen LogP contribution is -2.25. The minimum Gasteiger partial charge on any atom is -0.481 e. The number of rotatable bonds is 5. The van der Waals surface area contributed by atoms with Gasteiger partial charge < -0.3 is 10.0 Å². The molecule has 0 radical (unpaired) electrons. The molecule has 0 aliphatic rings. The molecule has 12 heavy (non-hydrogen) atoms. The summed E-state index contributed by atoms with van der Waals surface area (Å²) in [7, 11) is 3.91. The van der Waals surface area contributed by atoms with Crippen LogP contribution < -0.4 is 0 Å². The maximum Gasteiger partial charge on any atom is 0.308 e. The Hall–Kier alpha value is 0.890. The first-order valence-electron chi connectivity index (χ1n) is 3.61. The molecule has 0 saturated heterocycles. The van der Waals surface area contributed by atoms with E-state index < -0.39 is 5.97 Å². The number of alkyl halides is 2. The maximum atomic E-state index is 10.7. The van der Waals surface area contributed by atoms with Gasteiger partial charge in [0.1, 0.15) is 0 Å². The molecule has 0 aliphatic heterocycles. The molecule has 5 heteroatoms. The average Bonchev–Trinajstić information content (AvgIpc) is 1.84. The Balaban J connectivity index is 3.88. The highest BCUT2D eigenvalue weighted by Gasteiger charge is 2.23. The summed E-state index contributed by atoms with van der Waals surface area (Å²) in [6.45, 7) is 0.833. The number of hydrogen-bond donors (Lipinski definition) is 1. The van der Waals surface area contributed by atoms with E-state index in [2.05, 4.69) is 45.2 Å². The third-order valence-electron chi connectivity index (χ3n) is 1.51. The zero-order valence-electron chi connectivity index (χ0n) is 7.13. The highest BCUT2D eigenvalue weighted by Crippen LogP contribution is 2.23. The van der Waals surface area contributed by atoms with Gasteiger partial charge in [0.25, 0.3) is 0 Å². The van der Waals surface area contributed by atoms with Crippen molar-refractivity contribution in [2.45, 2.75) is 8.35 Å². The minimum absolute atomic E-state index is 0.164. The lowest BCUT2D eigenvalue weighted by atomic mass is 10.1.